The van der Waals surface area contributed by atoms with Crippen molar-refractivity contribution in [2.24, 2.45) is 0 Å². The van der Waals surface area contributed by atoms with Gasteiger partial charge in [0, 0.05) is 41.9 Å². The molecule has 0 aliphatic rings. The van der Waals surface area contributed by atoms with E-state index in [1.165, 1.54) is 0 Å². The van der Waals surface area contributed by atoms with Gasteiger partial charge in [0.15, 0.2) is 0 Å². The molecule has 0 fully saturated rings. The van der Waals surface area contributed by atoms with Crippen LogP contribution in [0.3, 0.4) is 0 Å². The summed E-state index contributed by atoms with van der Waals surface area (Å²) in [4.78, 5) is 17.2. The number of rotatable bonds is 7. The van der Waals surface area contributed by atoms with E-state index in [2.05, 4.69) is 44.4 Å². The molecule has 3 heterocycles. The highest BCUT2D eigenvalue weighted by Crippen LogP contribution is 2.22. The van der Waals surface area contributed by atoms with Crippen LogP contribution in [0.5, 0.6) is 0 Å². The maximum atomic E-state index is 5.96. The Kier molecular flexibility index (Phi) is 5.96. The molecule has 3 aromatic heterocycles. The average Bonchev–Trinajstić information content (AvgIpc) is 2.66. The molecule has 0 radical (unpaired) electrons. The fourth-order valence-corrected chi connectivity index (χ4v) is 2.73. The lowest BCUT2D eigenvalue weighted by atomic mass is 10.2. The second-order valence-electron chi connectivity index (χ2n) is 5.85. The molecular formula is C19H21ClN6. The molecule has 0 atom stereocenters. The quantitative estimate of drug-likeness (QED) is 0.576. The molecule has 0 bridgehead atoms. The van der Waals surface area contributed by atoms with E-state index in [0.29, 0.717) is 17.1 Å². The van der Waals surface area contributed by atoms with Crippen molar-refractivity contribution in [3.63, 3.8) is 0 Å². The second-order valence-corrected chi connectivity index (χ2v) is 6.23. The lowest BCUT2D eigenvalue weighted by molar-refractivity contribution is 0.668. The first-order valence-electron chi connectivity index (χ1n) is 8.62. The molecule has 0 aliphatic carbocycles. The van der Waals surface area contributed by atoms with Crippen molar-refractivity contribution in [3.8, 4) is 11.3 Å². The normalized spacial score (nSPS) is 10.8. The molecule has 6 nitrogen and oxygen atoms in total. The van der Waals surface area contributed by atoms with Gasteiger partial charge in [-0.25, -0.2) is 19.9 Å². The molecule has 134 valence electrons. The highest BCUT2D eigenvalue weighted by Gasteiger charge is 2.07. The van der Waals surface area contributed by atoms with Crippen LogP contribution in [0.25, 0.3) is 11.3 Å². The first-order chi connectivity index (χ1) is 12.7. The van der Waals surface area contributed by atoms with Crippen LogP contribution in [-0.4, -0.2) is 26.0 Å². The Bertz CT molecular complexity index is 866. The van der Waals surface area contributed by atoms with Crippen molar-refractivity contribution in [1.82, 2.24) is 19.9 Å². The standard InChI is InChI=1S/C19H21ClN6/c1-3-14(4-2)24-18-12-15(6-9-22-18)25-19-23-10-7-16(26-19)13-5-8-21-17(20)11-13/h5-12,14H,3-4H2,1-2H3,(H2,22,23,24,25,26). The van der Waals surface area contributed by atoms with Gasteiger partial charge in [0.25, 0.3) is 0 Å². The van der Waals surface area contributed by atoms with Crippen molar-refractivity contribution in [3.05, 3.63) is 54.1 Å². The minimum absolute atomic E-state index is 0.411. The Morgan fingerprint density at radius 1 is 0.962 bits per heavy atom. The number of nitrogens with one attached hydrogen (secondary N) is 2. The monoisotopic (exact) mass is 368 g/mol. The first kappa shape index (κ1) is 18.1. The van der Waals surface area contributed by atoms with Crippen LogP contribution in [0, 0.1) is 0 Å². The van der Waals surface area contributed by atoms with Crippen LogP contribution in [0.15, 0.2) is 48.9 Å². The topological polar surface area (TPSA) is 75.6 Å². The number of anilines is 3. The van der Waals surface area contributed by atoms with Gasteiger partial charge in [0.05, 0.1) is 5.69 Å². The minimum atomic E-state index is 0.411. The fraction of sp³-hybridized carbons (Fsp3) is 0.263. The number of aromatic nitrogens is 4. The molecule has 0 saturated carbocycles. The molecule has 26 heavy (non-hydrogen) atoms. The van der Waals surface area contributed by atoms with Gasteiger partial charge in [0.1, 0.15) is 11.0 Å². The maximum absolute atomic E-state index is 5.96. The summed E-state index contributed by atoms with van der Waals surface area (Å²) in [5, 5.41) is 7.09. The van der Waals surface area contributed by atoms with Gasteiger partial charge in [-0.3, -0.25) is 0 Å². The van der Waals surface area contributed by atoms with Crippen molar-refractivity contribution in [2.75, 3.05) is 10.6 Å². The smallest absolute Gasteiger partial charge is 0.227 e. The van der Waals surface area contributed by atoms with Crippen molar-refractivity contribution in [2.45, 2.75) is 32.7 Å². The average molecular weight is 369 g/mol. The highest BCUT2D eigenvalue weighted by molar-refractivity contribution is 6.29. The van der Waals surface area contributed by atoms with E-state index in [1.807, 2.05) is 24.3 Å². The predicted octanol–water partition coefficient (Wildman–Crippen LogP) is 4.93. The zero-order valence-electron chi connectivity index (χ0n) is 14.8. The molecule has 0 spiro atoms. The molecule has 3 aromatic rings. The predicted molar refractivity (Wildman–Crippen MR) is 106 cm³/mol. The number of halogens is 1. The SMILES string of the molecule is CCC(CC)Nc1cc(Nc2nccc(-c3ccnc(Cl)c3)n2)ccn1. The van der Waals surface area contributed by atoms with E-state index in [1.54, 1.807) is 24.7 Å². The Balaban J connectivity index is 1.78. The number of pyridine rings is 2. The van der Waals surface area contributed by atoms with Crippen LogP contribution < -0.4 is 10.6 Å². The Morgan fingerprint density at radius 2 is 1.73 bits per heavy atom. The van der Waals surface area contributed by atoms with Gasteiger partial charge in [-0.15, -0.1) is 0 Å². The molecule has 0 saturated heterocycles. The van der Waals surface area contributed by atoms with E-state index in [0.717, 1.165) is 35.6 Å². The molecular weight excluding hydrogens is 348 g/mol. The summed E-state index contributed by atoms with van der Waals surface area (Å²) in [6, 6.07) is 9.73. The third-order valence-corrected chi connectivity index (χ3v) is 4.24. The van der Waals surface area contributed by atoms with Crippen LogP contribution in [0.2, 0.25) is 5.15 Å². The van der Waals surface area contributed by atoms with Crippen LogP contribution in [0.1, 0.15) is 26.7 Å². The van der Waals surface area contributed by atoms with Gasteiger partial charge in [-0.05, 0) is 37.1 Å². The van der Waals surface area contributed by atoms with E-state index >= 15 is 0 Å². The van der Waals surface area contributed by atoms with E-state index in [4.69, 9.17) is 11.6 Å². The third kappa shape index (κ3) is 4.67. The molecule has 0 unspecified atom stereocenters. The number of hydrogen-bond donors (Lipinski definition) is 2. The Hall–Kier alpha value is -2.73. The molecule has 0 aromatic carbocycles. The van der Waals surface area contributed by atoms with Crippen LogP contribution >= 0.6 is 11.6 Å². The molecule has 2 N–H and O–H groups in total. The van der Waals surface area contributed by atoms with Gasteiger partial charge in [-0.1, -0.05) is 25.4 Å². The molecule has 3 rings (SSSR count). The van der Waals surface area contributed by atoms with Crippen molar-refractivity contribution < 1.29 is 0 Å². The fourth-order valence-electron chi connectivity index (χ4n) is 2.56. The summed E-state index contributed by atoms with van der Waals surface area (Å²) in [6.07, 6.45) is 7.24. The summed E-state index contributed by atoms with van der Waals surface area (Å²) in [7, 11) is 0. The summed E-state index contributed by atoms with van der Waals surface area (Å²) >= 11 is 5.96. The highest BCUT2D eigenvalue weighted by atomic mass is 35.5. The number of nitrogens with zero attached hydrogens (tertiary/aromatic N) is 4. The first-order valence-corrected chi connectivity index (χ1v) is 9.00. The Labute approximate surface area is 158 Å². The molecule has 0 amide bonds. The zero-order valence-corrected chi connectivity index (χ0v) is 15.5. The summed E-state index contributed by atoms with van der Waals surface area (Å²) in [5.74, 6) is 1.34. The lowest BCUT2D eigenvalue weighted by Gasteiger charge is -2.16. The van der Waals surface area contributed by atoms with Gasteiger partial charge < -0.3 is 10.6 Å². The summed E-state index contributed by atoms with van der Waals surface area (Å²) in [5.41, 5.74) is 2.54. The van der Waals surface area contributed by atoms with Gasteiger partial charge >= 0.3 is 0 Å². The number of hydrogen-bond acceptors (Lipinski definition) is 6. The van der Waals surface area contributed by atoms with Crippen LogP contribution in [0.4, 0.5) is 17.5 Å². The molecule has 0 aliphatic heterocycles. The van der Waals surface area contributed by atoms with E-state index in [9.17, 15) is 0 Å². The van der Waals surface area contributed by atoms with Crippen molar-refractivity contribution in [1.29, 1.82) is 0 Å². The zero-order chi connectivity index (χ0) is 18.4. The minimum Gasteiger partial charge on any atom is -0.367 e. The Morgan fingerprint density at radius 3 is 2.50 bits per heavy atom. The maximum Gasteiger partial charge on any atom is 0.227 e. The lowest BCUT2D eigenvalue weighted by Crippen LogP contribution is -2.17. The van der Waals surface area contributed by atoms with Crippen LogP contribution in [-0.2, 0) is 0 Å². The van der Waals surface area contributed by atoms with Gasteiger partial charge in [0.2, 0.25) is 5.95 Å². The summed E-state index contributed by atoms with van der Waals surface area (Å²) < 4.78 is 0. The molecule has 7 heteroatoms. The van der Waals surface area contributed by atoms with E-state index < -0.39 is 0 Å². The summed E-state index contributed by atoms with van der Waals surface area (Å²) in [6.45, 7) is 4.32. The van der Waals surface area contributed by atoms with E-state index in [-0.39, 0.29) is 0 Å². The second kappa shape index (κ2) is 8.58. The third-order valence-electron chi connectivity index (χ3n) is 4.03. The largest absolute Gasteiger partial charge is 0.367 e. The van der Waals surface area contributed by atoms with Gasteiger partial charge in [-0.2, -0.15) is 0 Å². The van der Waals surface area contributed by atoms with Crippen molar-refractivity contribution >= 4 is 29.1 Å².